The van der Waals surface area contributed by atoms with Gasteiger partial charge in [0.1, 0.15) is 11.8 Å². The monoisotopic (exact) mass is 229 g/mol. The summed E-state index contributed by atoms with van der Waals surface area (Å²) in [5.74, 6) is 0.681. The third-order valence-corrected chi connectivity index (χ3v) is 2.59. The maximum atomic E-state index is 5.51. The Bertz CT molecular complexity index is 642. The Morgan fingerprint density at radius 1 is 1.29 bits per heavy atom. The van der Waals surface area contributed by atoms with Crippen LogP contribution >= 0.6 is 0 Å². The lowest BCUT2D eigenvalue weighted by atomic mass is 10.1. The molecule has 1 aromatic carbocycles. The van der Waals surface area contributed by atoms with Crippen LogP contribution in [0.3, 0.4) is 0 Å². The number of nitrogens with two attached hydrogens (primary N) is 1. The first-order chi connectivity index (χ1) is 8.40. The van der Waals surface area contributed by atoms with Gasteiger partial charge in [-0.25, -0.2) is 4.68 Å². The van der Waals surface area contributed by atoms with Crippen molar-refractivity contribution in [3.05, 3.63) is 30.5 Å². The van der Waals surface area contributed by atoms with Crippen LogP contribution in [-0.2, 0) is 6.54 Å². The van der Waals surface area contributed by atoms with Gasteiger partial charge in [0.05, 0.1) is 12.1 Å². The van der Waals surface area contributed by atoms with Crippen molar-refractivity contribution in [1.29, 1.82) is 0 Å². The molecule has 0 amide bonds. The van der Waals surface area contributed by atoms with E-state index in [4.69, 9.17) is 10.2 Å². The lowest BCUT2D eigenvalue weighted by Crippen LogP contribution is -2.12. The summed E-state index contributed by atoms with van der Waals surface area (Å²) in [6.45, 7) is 1.08. The molecule has 0 aliphatic heterocycles. The van der Waals surface area contributed by atoms with E-state index in [1.165, 1.54) is 0 Å². The fraction of sp³-hybridized carbons (Fsp3) is 0.182. The highest BCUT2D eigenvalue weighted by atomic mass is 16.3. The Hall–Kier alpha value is -2.21. The number of benzene rings is 1. The molecule has 0 aliphatic rings. The molecule has 0 spiro atoms. The molecular formula is C11H11N5O. The van der Waals surface area contributed by atoms with Gasteiger partial charge in [0.15, 0.2) is 5.82 Å². The number of fused-ring (bicyclic) bond motifs is 1. The van der Waals surface area contributed by atoms with Crippen LogP contribution in [0.4, 0.5) is 0 Å². The SMILES string of the molecule is NCCn1nnnc1-c1coc2ccccc12. The summed E-state index contributed by atoms with van der Waals surface area (Å²) in [6, 6.07) is 7.78. The standard InChI is InChI=1S/C11H11N5O/c12-5-6-16-11(13-14-15-16)9-7-17-10-4-2-1-3-8(9)10/h1-4,7H,5-6,12H2. The molecule has 0 radical (unpaired) electrons. The molecular weight excluding hydrogens is 218 g/mol. The first-order valence-corrected chi connectivity index (χ1v) is 5.33. The van der Waals surface area contributed by atoms with Crippen LogP contribution < -0.4 is 5.73 Å². The van der Waals surface area contributed by atoms with Crippen molar-refractivity contribution in [2.45, 2.75) is 6.54 Å². The molecule has 86 valence electrons. The van der Waals surface area contributed by atoms with Crippen LogP contribution in [0.25, 0.3) is 22.4 Å². The molecule has 0 aliphatic carbocycles. The smallest absolute Gasteiger partial charge is 0.185 e. The minimum absolute atomic E-state index is 0.494. The summed E-state index contributed by atoms with van der Waals surface area (Å²) in [6.07, 6.45) is 1.67. The number of nitrogens with zero attached hydrogens (tertiary/aromatic N) is 4. The van der Waals surface area contributed by atoms with Gasteiger partial charge in [0, 0.05) is 11.9 Å². The van der Waals surface area contributed by atoms with Crippen molar-refractivity contribution in [3.8, 4) is 11.4 Å². The number of para-hydroxylation sites is 1. The predicted molar refractivity (Wildman–Crippen MR) is 62.1 cm³/mol. The van der Waals surface area contributed by atoms with Crippen LogP contribution in [0.15, 0.2) is 34.9 Å². The number of aromatic nitrogens is 4. The van der Waals surface area contributed by atoms with E-state index in [1.807, 2.05) is 24.3 Å². The third-order valence-electron chi connectivity index (χ3n) is 2.59. The maximum absolute atomic E-state index is 5.51. The summed E-state index contributed by atoms with van der Waals surface area (Å²) >= 11 is 0. The van der Waals surface area contributed by atoms with Crippen molar-refractivity contribution in [2.75, 3.05) is 6.54 Å². The molecule has 3 aromatic rings. The minimum atomic E-state index is 0.494. The molecule has 0 unspecified atom stereocenters. The number of tetrazole rings is 1. The van der Waals surface area contributed by atoms with Gasteiger partial charge in [-0.05, 0) is 16.5 Å². The van der Waals surface area contributed by atoms with E-state index in [9.17, 15) is 0 Å². The Morgan fingerprint density at radius 2 is 2.18 bits per heavy atom. The average Bonchev–Trinajstić information content (AvgIpc) is 2.95. The largest absolute Gasteiger partial charge is 0.464 e. The minimum Gasteiger partial charge on any atom is -0.464 e. The van der Waals surface area contributed by atoms with Crippen LogP contribution in [0, 0.1) is 0 Å². The highest BCUT2D eigenvalue weighted by Crippen LogP contribution is 2.28. The number of furan rings is 1. The lowest BCUT2D eigenvalue weighted by molar-refractivity contribution is 0.598. The molecule has 2 N–H and O–H groups in total. The molecule has 3 rings (SSSR count). The summed E-state index contributed by atoms with van der Waals surface area (Å²) in [4.78, 5) is 0. The highest BCUT2D eigenvalue weighted by Gasteiger charge is 2.14. The third kappa shape index (κ3) is 1.58. The molecule has 6 nitrogen and oxygen atoms in total. The van der Waals surface area contributed by atoms with Crippen molar-refractivity contribution in [3.63, 3.8) is 0 Å². The van der Waals surface area contributed by atoms with E-state index in [-0.39, 0.29) is 0 Å². The van der Waals surface area contributed by atoms with Gasteiger partial charge in [-0.2, -0.15) is 0 Å². The quantitative estimate of drug-likeness (QED) is 0.725. The van der Waals surface area contributed by atoms with Crippen LogP contribution in [0.1, 0.15) is 0 Å². The zero-order chi connectivity index (χ0) is 11.7. The van der Waals surface area contributed by atoms with Gasteiger partial charge in [0.2, 0.25) is 0 Å². The fourth-order valence-electron chi connectivity index (χ4n) is 1.82. The Kier molecular flexibility index (Phi) is 2.34. The zero-order valence-corrected chi connectivity index (χ0v) is 9.08. The molecule has 0 atom stereocenters. The molecule has 17 heavy (non-hydrogen) atoms. The number of rotatable bonds is 3. The fourth-order valence-corrected chi connectivity index (χ4v) is 1.82. The molecule has 2 aromatic heterocycles. The molecule has 2 heterocycles. The van der Waals surface area contributed by atoms with Gasteiger partial charge in [-0.3, -0.25) is 0 Å². The topological polar surface area (TPSA) is 82.8 Å². The molecule has 0 fully saturated rings. The Morgan fingerprint density at radius 3 is 3.06 bits per heavy atom. The molecule has 6 heteroatoms. The van der Waals surface area contributed by atoms with E-state index < -0.39 is 0 Å². The normalized spacial score (nSPS) is 11.1. The number of hydrogen-bond acceptors (Lipinski definition) is 5. The van der Waals surface area contributed by atoms with E-state index in [0.717, 1.165) is 16.5 Å². The van der Waals surface area contributed by atoms with Gasteiger partial charge in [-0.1, -0.05) is 18.2 Å². The van der Waals surface area contributed by atoms with Crippen molar-refractivity contribution < 1.29 is 4.42 Å². The van der Waals surface area contributed by atoms with E-state index in [2.05, 4.69) is 15.5 Å². The lowest BCUT2D eigenvalue weighted by Gasteiger charge is -2.00. The zero-order valence-electron chi connectivity index (χ0n) is 9.08. The Balaban J connectivity index is 2.17. The van der Waals surface area contributed by atoms with Gasteiger partial charge < -0.3 is 10.2 Å². The highest BCUT2D eigenvalue weighted by molar-refractivity contribution is 5.91. The second kappa shape index (κ2) is 3.99. The predicted octanol–water partition coefficient (Wildman–Crippen LogP) is 1.04. The van der Waals surface area contributed by atoms with Gasteiger partial charge in [-0.15, -0.1) is 5.10 Å². The van der Waals surface area contributed by atoms with E-state index >= 15 is 0 Å². The molecule has 0 saturated carbocycles. The van der Waals surface area contributed by atoms with E-state index in [0.29, 0.717) is 18.9 Å². The second-order valence-electron chi connectivity index (χ2n) is 3.66. The first-order valence-electron chi connectivity index (χ1n) is 5.33. The summed E-state index contributed by atoms with van der Waals surface area (Å²) in [5.41, 5.74) is 7.23. The van der Waals surface area contributed by atoms with E-state index in [1.54, 1.807) is 10.9 Å². The molecule has 0 bridgehead atoms. The van der Waals surface area contributed by atoms with Crippen molar-refractivity contribution in [1.82, 2.24) is 20.2 Å². The van der Waals surface area contributed by atoms with Crippen LogP contribution in [0.2, 0.25) is 0 Å². The summed E-state index contributed by atoms with van der Waals surface area (Å²) in [7, 11) is 0. The molecule has 0 saturated heterocycles. The van der Waals surface area contributed by atoms with Gasteiger partial charge >= 0.3 is 0 Å². The maximum Gasteiger partial charge on any atom is 0.185 e. The second-order valence-corrected chi connectivity index (χ2v) is 3.66. The first kappa shape index (κ1) is 9.98. The van der Waals surface area contributed by atoms with Crippen LogP contribution in [0.5, 0.6) is 0 Å². The Labute approximate surface area is 97.0 Å². The number of hydrogen-bond donors (Lipinski definition) is 1. The average molecular weight is 229 g/mol. The van der Waals surface area contributed by atoms with Gasteiger partial charge in [0.25, 0.3) is 0 Å². The summed E-state index contributed by atoms with van der Waals surface area (Å²) in [5, 5.41) is 12.6. The van der Waals surface area contributed by atoms with Crippen LogP contribution in [-0.4, -0.2) is 26.8 Å². The van der Waals surface area contributed by atoms with Crippen molar-refractivity contribution in [2.24, 2.45) is 5.73 Å². The summed E-state index contributed by atoms with van der Waals surface area (Å²) < 4.78 is 7.14. The van der Waals surface area contributed by atoms with Crippen molar-refractivity contribution >= 4 is 11.0 Å².